The van der Waals surface area contributed by atoms with Gasteiger partial charge in [-0.05, 0) is 50.2 Å². The molecule has 212 valence electrons. The highest BCUT2D eigenvalue weighted by molar-refractivity contribution is 7.92. The minimum Gasteiger partial charge on any atom is -0.395 e. The molecule has 2 aromatic rings. The van der Waals surface area contributed by atoms with Crippen molar-refractivity contribution in [3.63, 3.8) is 0 Å². The maximum Gasteiger partial charge on any atom is 0.261 e. The highest BCUT2D eigenvalue weighted by Crippen LogP contribution is 2.54. The topological polar surface area (TPSA) is 141 Å². The van der Waals surface area contributed by atoms with Crippen LogP contribution in [0.2, 0.25) is 0 Å². The predicted molar refractivity (Wildman–Crippen MR) is 143 cm³/mol. The van der Waals surface area contributed by atoms with Crippen molar-refractivity contribution in [1.82, 2.24) is 15.0 Å². The number of carbonyl (C=O) groups excluding carboxylic acids is 1. The van der Waals surface area contributed by atoms with Crippen molar-refractivity contribution < 1.29 is 27.1 Å². The third kappa shape index (κ3) is 6.55. The number of aliphatic hydroxyl groups excluding tert-OH is 1. The molecule has 0 atom stereocenters. The molecule has 4 heterocycles. The molecule has 3 aliphatic rings. The van der Waals surface area contributed by atoms with Crippen molar-refractivity contribution in [3.05, 3.63) is 29.5 Å². The van der Waals surface area contributed by atoms with Crippen LogP contribution in [0.3, 0.4) is 0 Å². The standard InChI is InChI=1S/C25H33F2N7O4S/c1-17-16-20(33-12-8-25(26,27)9-13-33)30-23(28-17)31-22(36)18-2-3-19(32-39(37,38)15-14-35)29-21(18)34-10-6-24(4-5-24)7-11-34/h2-3,16,35H,4-15H2,1H3,(H,29,32)(H,28,30,31,36). The Balaban J connectivity index is 1.39. The molecule has 11 nitrogen and oxygen atoms in total. The predicted octanol–water partition coefficient (Wildman–Crippen LogP) is 2.78. The average Bonchev–Trinajstić information content (AvgIpc) is 3.62. The molecular weight excluding hydrogens is 532 g/mol. The lowest BCUT2D eigenvalue weighted by Crippen LogP contribution is -2.40. The number of aryl methyl sites for hydroxylation is 1. The van der Waals surface area contributed by atoms with Gasteiger partial charge in [0.25, 0.3) is 11.8 Å². The fourth-order valence-electron chi connectivity index (χ4n) is 5.13. The Hall–Kier alpha value is -3.13. The SMILES string of the molecule is Cc1cc(N2CCC(F)(F)CC2)nc(NC(=O)c2ccc(NS(=O)(=O)CCO)nc2N2CCC3(CC2)CC3)n1. The number of rotatable bonds is 8. The second-order valence-electron chi connectivity index (χ2n) is 10.7. The van der Waals surface area contributed by atoms with Crippen LogP contribution in [-0.4, -0.2) is 78.8 Å². The van der Waals surface area contributed by atoms with Crippen LogP contribution >= 0.6 is 0 Å². The lowest BCUT2D eigenvalue weighted by molar-refractivity contribution is -0.0221. The lowest BCUT2D eigenvalue weighted by atomic mass is 9.93. The van der Waals surface area contributed by atoms with E-state index in [0.29, 0.717) is 35.8 Å². The number of sulfonamides is 1. The van der Waals surface area contributed by atoms with Crippen LogP contribution in [0.1, 0.15) is 54.6 Å². The molecule has 3 fully saturated rings. The first kappa shape index (κ1) is 27.4. The molecule has 1 saturated carbocycles. The van der Waals surface area contributed by atoms with E-state index in [0.717, 1.165) is 12.8 Å². The second kappa shape index (κ2) is 10.5. The fourth-order valence-corrected chi connectivity index (χ4v) is 5.90. The van der Waals surface area contributed by atoms with Crippen LogP contribution in [0.5, 0.6) is 0 Å². The number of nitrogens with zero attached hydrogens (tertiary/aromatic N) is 5. The summed E-state index contributed by atoms with van der Waals surface area (Å²) in [5.74, 6) is -2.77. The number of anilines is 4. The quantitative estimate of drug-likeness (QED) is 0.441. The molecule has 0 unspecified atom stereocenters. The van der Waals surface area contributed by atoms with Gasteiger partial charge in [0.1, 0.15) is 17.5 Å². The van der Waals surface area contributed by atoms with E-state index >= 15 is 0 Å². The summed E-state index contributed by atoms with van der Waals surface area (Å²) in [5, 5.41) is 11.8. The summed E-state index contributed by atoms with van der Waals surface area (Å²) in [6.45, 7) is 2.87. The smallest absolute Gasteiger partial charge is 0.261 e. The monoisotopic (exact) mass is 565 g/mol. The molecule has 14 heteroatoms. The number of carbonyl (C=O) groups is 1. The molecule has 0 radical (unpaired) electrons. The molecule has 39 heavy (non-hydrogen) atoms. The molecule has 2 aliphatic heterocycles. The summed E-state index contributed by atoms with van der Waals surface area (Å²) in [6, 6.07) is 4.59. The Bertz CT molecular complexity index is 1330. The molecule has 1 spiro atoms. The van der Waals surface area contributed by atoms with E-state index in [1.54, 1.807) is 17.9 Å². The van der Waals surface area contributed by atoms with E-state index in [2.05, 4.69) is 25.0 Å². The Labute approximate surface area is 226 Å². The van der Waals surface area contributed by atoms with Gasteiger partial charge in [-0.1, -0.05) is 0 Å². The molecular formula is C25H33F2N7O4S. The van der Waals surface area contributed by atoms with Crippen molar-refractivity contribution in [3.8, 4) is 0 Å². The first-order chi connectivity index (χ1) is 18.5. The second-order valence-corrected chi connectivity index (χ2v) is 12.5. The summed E-state index contributed by atoms with van der Waals surface area (Å²) in [7, 11) is -3.80. The fraction of sp³-hybridized carbons (Fsp3) is 0.600. The number of amides is 1. The van der Waals surface area contributed by atoms with Gasteiger partial charge in [0.15, 0.2) is 0 Å². The van der Waals surface area contributed by atoms with Crippen molar-refractivity contribution in [2.75, 3.05) is 58.4 Å². The van der Waals surface area contributed by atoms with Crippen LogP contribution in [0.25, 0.3) is 0 Å². The first-order valence-electron chi connectivity index (χ1n) is 13.1. The number of hydrogen-bond donors (Lipinski definition) is 3. The van der Waals surface area contributed by atoms with Gasteiger partial charge in [0, 0.05) is 50.8 Å². The number of nitrogens with one attached hydrogen (secondary N) is 2. The van der Waals surface area contributed by atoms with Gasteiger partial charge in [-0.2, -0.15) is 4.98 Å². The van der Waals surface area contributed by atoms with E-state index in [1.807, 2.05) is 4.90 Å². The zero-order valence-corrected chi connectivity index (χ0v) is 22.6. The molecule has 0 bridgehead atoms. The van der Waals surface area contributed by atoms with Gasteiger partial charge >= 0.3 is 0 Å². The molecule has 5 rings (SSSR count). The van der Waals surface area contributed by atoms with Gasteiger partial charge in [0.05, 0.1) is 17.9 Å². The largest absolute Gasteiger partial charge is 0.395 e. The number of hydrogen-bond acceptors (Lipinski definition) is 9. The van der Waals surface area contributed by atoms with Gasteiger partial charge < -0.3 is 14.9 Å². The van der Waals surface area contributed by atoms with Crippen LogP contribution in [0.4, 0.5) is 32.2 Å². The highest BCUT2D eigenvalue weighted by atomic mass is 32.2. The van der Waals surface area contributed by atoms with Gasteiger partial charge in [-0.3, -0.25) is 14.8 Å². The highest BCUT2D eigenvalue weighted by Gasteiger charge is 2.45. The van der Waals surface area contributed by atoms with Crippen molar-refractivity contribution in [1.29, 1.82) is 0 Å². The lowest BCUT2D eigenvalue weighted by Gasteiger charge is -2.34. The van der Waals surface area contributed by atoms with Crippen molar-refractivity contribution in [2.24, 2.45) is 5.41 Å². The van der Waals surface area contributed by atoms with Crippen LogP contribution in [0.15, 0.2) is 18.2 Å². The Morgan fingerprint density at radius 2 is 1.67 bits per heavy atom. The summed E-state index contributed by atoms with van der Waals surface area (Å²) in [6.07, 6.45) is 3.80. The summed E-state index contributed by atoms with van der Waals surface area (Å²) < 4.78 is 54.0. The van der Waals surface area contributed by atoms with Crippen molar-refractivity contribution in [2.45, 2.75) is 51.4 Å². The van der Waals surface area contributed by atoms with Gasteiger partial charge in [0.2, 0.25) is 16.0 Å². The van der Waals surface area contributed by atoms with Crippen LogP contribution < -0.4 is 19.8 Å². The molecule has 3 N–H and O–H groups in total. The minimum absolute atomic E-state index is 0.0431. The molecule has 2 saturated heterocycles. The molecule has 2 aromatic heterocycles. The minimum atomic E-state index is -3.80. The van der Waals surface area contributed by atoms with E-state index in [9.17, 15) is 22.0 Å². The molecule has 1 amide bonds. The molecule has 1 aliphatic carbocycles. The third-order valence-electron chi connectivity index (χ3n) is 7.71. The zero-order valence-electron chi connectivity index (χ0n) is 21.8. The van der Waals surface area contributed by atoms with Gasteiger partial charge in [-0.15, -0.1) is 0 Å². The molecule has 0 aromatic carbocycles. The summed E-state index contributed by atoms with van der Waals surface area (Å²) >= 11 is 0. The van der Waals surface area contributed by atoms with E-state index in [1.165, 1.54) is 25.0 Å². The third-order valence-corrected chi connectivity index (χ3v) is 8.95. The first-order valence-corrected chi connectivity index (χ1v) is 14.8. The number of pyridine rings is 1. The van der Waals surface area contributed by atoms with Crippen LogP contribution in [-0.2, 0) is 10.0 Å². The van der Waals surface area contributed by atoms with Crippen molar-refractivity contribution >= 4 is 39.3 Å². The van der Waals surface area contributed by atoms with Gasteiger partial charge in [-0.25, -0.2) is 27.2 Å². The van der Waals surface area contributed by atoms with E-state index < -0.39 is 34.2 Å². The number of aliphatic hydroxyl groups is 1. The Morgan fingerprint density at radius 1 is 1.00 bits per heavy atom. The number of alkyl halides is 2. The average molecular weight is 566 g/mol. The number of piperidine rings is 2. The summed E-state index contributed by atoms with van der Waals surface area (Å²) in [5.41, 5.74) is 1.19. The maximum atomic E-state index is 13.6. The number of halogens is 2. The van der Waals surface area contributed by atoms with Crippen LogP contribution in [0, 0.1) is 12.3 Å². The van der Waals surface area contributed by atoms with E-state index in [4.69, 9.17) is 5.11 Å². The van der Waals surface area contributed by atoms with E-state index in [-0.39, 0.29) is 43.3 Å². The zero-order chi connectivity index (χ0) is 27.8. The Morgan fingerprint density at radius 3 is 2.31 bits per heavy atom. The maximum absolute atomic E-state index is 13.6. The number of aromatic nitrogens is 3. The Kier molecular flexibility index (Phi) is 7.35. The summed E-state index contributed by atoms with van der Waals surface area (Å²) in [4.78, 5) is 30.4. The normalized spacial score (nSPS) is 20.1.